The molecule has 1 aliphatic rings. The predicted molar refractivity (Wildman–Crippen MR) is 111 cm³/mol. The Bertz CT molecular complexity index is 889. The molecular weight excluding hydrogens is 334 g/mol. The number of allylic oxidation sites excluding steroid dienone is 1. The van der Waals surface area contributed by atoms with Gasteiger partial charge in [-0.3, -0.25) is 4.98 Å². The number of pyridine rings is 1. The van der Waals surface area contributed by atoms with E-state index in [-0.39, 0.29) is 16.8 Å². The third kappa shape index (κ3) is 3.83. The first-order valence-electron chi connectivity index (χ1n) is 9.52. The zero-order valence-electron chi connectivity index (χ0n) is 17.2. The van der Waals surface area contributed by atoms with Crippen LogP contribution in [-0.4, -0.2) is 18.1 Å². The van der Waals surface area contributed by atoms with E-state index in [0.717, 1.165) is 11.3 Å². The van der Waals surface area contributed by atoms with Crippen LogP contribution in [0.25, 0.3) is 11.6 Å². The standard InChI is InChI=1S/C24H29NO2/c1-16(21-10-8-18(15-25-21)22(26)27-6)13-17-7-9-19-20(14-17)24(4,5)12-11-23(19,2)3/h7-10,13-15H,11-12H2,1-6H3/b16-13-. The highest BCUT2D eigenvalue weighted by molar-refractivity contribution is 5.89. The Morgan fingerprint density at radius 1 is 1.04 bits per heavy atom. The second-order valence-electron chi connectivity index (χ2n) is 8.82. The molecule has 0 amide bonds. The lowest BCUT2D eigenvalue weighted by molar-refractivity contribution is 0.0600. The molecule has 1 aliphatic carbocycles. The molecule has 0 radical (unpaired) electrons. The van der Waals surface area contributed by atoms with Gasteiger partial charge in [-0.25, -0.2) is 4.79 Å². The van der Waals surface area contributed by atoms with Crippen molar-refractivity contribution in [3.63, 3.8) is 0 Å². The van der Waals surface area contributed by atoms with Gasteiger partial charge < -0.3 is 4.74 Å². The molecule has 2 aromatic rings. The van der Waals surface area contributed by atoms with E-state index in [0.29, 0.717) is 5.56 Å². The Balaban J connectivity index is 1.94. The van der Waals surface area contributed by atoms with Crippen LogP contribution in [0.15, 0.2) is 36.5 Å². The van der Waals surface area contributed by atoms with Gasteiger partial charge in [-0.1, -0.05) is 45.9 Å². The smallest absolute Gasteiger partial charge is 0.339 e. The number of nitrogens with zero attached hydrogens (tertiary/aromatic N) is 1. The molecule has 3 rings (SSSR count). The molecule has 0 aliphatic heterocycles. The third-order valence-electron chi connectivity index (χ3n) is 5.85. The summed E-state index contributed by atoms with van der Waals surface area (Å²) in [4.78, 5) is 16.0. The molecule has 1 aromatic heterocycles. The lowest BCUT2D eigenvalue weighted by Crippen LogP contribution is -2.33. The first kappa shape index (κ1) is 19.3. The van der Waals surface area contributed by atoms with Gasteiger partial charge in [-0.05, 0) is 71.1 Å². The molecule has 0 unspecified atom stereocenters. The van der Waals surface area contributed by atoms with E-state index in [4.69, 9.17) is 4.74 Å². The van der Waals surface area contributed by atoms with E-state index in [9.17, 15) is 4.79 Å². The Morgan fingerprint density at radius 3 is 2.30 bits per heavy atom. The van der Waals surface area contributed by atoms with E-state index >= 15 is 0 Å². The molecule has 1 heterocycles. The minimum Gasteiger partial charge on any atom is -0.465 e. The molecule has 0 N–H and O–H groups in total. The highest BCUT2D eigenvalue weighted by Gasteiger charge is 2.36. The van der Waals surface area contributed by atoms with E-state index in [2.05, 4.69) is 63.9 Å². The van der Waals surface area contributed by atoms with Gasteiger partial charge in [0.15, 0.2) is 0 Å². The molecule has 0 saturated carbocycles. The summed E-state index contributed by atoms with van der Waals surface area (Å²) in [7, 11) is 1.38. The molecule has 27 heavy (non-hydrogen) atoms. The number of esters is 1. The zero-order chi connectivity index (χ0) is 19.8. The Morgan fingerprint density at radius 2 is 1.70 bits per heavy atom. The van der Waals surface area contributed by atoms with Crippen LogP contribution >= 0.6 is 0 Å². The zero-order valence-corrected chi connectivity index (χ0v) is 17.2. The fourth-order valence-corrected chi connectivity index (χ4v) is 3.89. The number of carbonyl (C=O) groups excluding carboxylic acids is 1. The molecule has 3 nitrogen and oxygen atoms in total. The van der Waals surface area contributed by atoms with E-state index < -0.39 is 0 Å². The van der Waals surface area contributed by atoms with Crippen LogP contribution < -0.4 is 0 Å². The average Bonchev–Trinajstić information content (AvgIpc) is 2.65. The number of aromatic nitrogens is 1. The summed E-state index contributed by atoms with van der Waals surface area (Å²) in [6.45, 7) is 11.4. The quantitative estimate of drug-likeness (QED) is 0.649. The number of fused-ring (bicyclic) bond motifs is 1. The molecule has 0 bridgehead atoms. The maximum absolute atomic E-state index is 11.6. The second kappa shape index (κ2) is 6.95. The predicted octanol–water partition coefficient (Wildman–Crippen LogP) is 5.78. The van der Waals surface area contributed by atoms with Crippen LogP contribution in [-0.2, 0) is 15.6 Å². The van der Waals surface area contributed by atoms with E-state index in [1.807, 2.05) is 6.07 Å². The van der Waals surface area contributed by atoms with Gasteiger partial charge in [0.05, 0.1) is 18.4 Å². The number of methoxy groups -OCH3 is 1. The number of rotatable bonds is 3. The lowest BCUT2D eigenvalue weighted by atomic mass is 9.63. The van der Waals surface area contributed by atoms with Gasteiger partial charge in [0, 0.05) is 6.20 Å². The summed E-state index contributed by atoms with van der Waals surface area (Å²) in [5, 5.41) is 0. The minimum absolute atomic E-state index is 0.197. The van der Waals surface area contributed by atoms with Crippen molar-refractivity contribution >= 4 is 17.6 Å². The molecule has 0 saturated heterocycles. The fraction of sp³-hybridized carbons (Fsp3) is 0.417. The lowest BCUT2D eigenvalue weighted by Gasteiger charge is -2.42. The largest absolute Gasteiger partial charge is 0.465 e. The van der Waals surface area contributed by atoms with Crippen LogP contribution in [0.3, 0.4) is 0 Å². The van der Waals surface area contributed by atoms with Crippen LogP contribution in [0.5, 0.6) is 0 Å². The van der Waals surface area contributed by atoms with Gasteiger partial charge in [0.1, 0.15) is 0 Å². The molecule has 0 fully saturated rings. The van der Waals surface area contributed by atoms with Crippen LogP contribution in [0.4, 0.5) is 0 Å². The molecule has 0 spiro atoms. The maximum Gasteiger partial charge on any atom is 0.339 e. The number of hydrogen-bond donors (Lipinski definition) is 0. The Hall–Kier alpha value is -2.42. The first-order valence-corrected chi connectivity index (χ1v) is 9.52. The monoisotopic (exact) mass is 363 g/mol. The fourth-order valence-electron chi connectivity index (χ4n) is 3.89. The van der Waals surface area contributed by atoms with Crippen molar-refractivity contribution in [2.45, 2.75) is 58.3 Å². The summed E-state index contributed by atoms with van der Waals surface area (Å²) in [6, 6.07) is 10.5. The maximum atomic E-state index is 11.6. The van der Waals surface area contributed by atoms with Gasteiger partial charge in [0.2, 0.25) is 0 Å². The first-order chi connectivity index (χ1) is 12.6. The van der Waals surface area contributed by atoms with Crippen molar-refractivity contribution in [3.05, 3.63) is 64.5 Å². The number of ether oxygens (including phenoxy) is 1. The average molecular weight is 364 g/mol. The summed E-state index contributed by atoms with van der Waals surface area (Å²) >= 11 is 0. The van der Waals surface area contributed by atoms with Crippen LogP contribution in [0, 0.1) is 0 Å². The van der Waals surface area contributed by atoms with Gasteiger partial charge >= 0.3 is 5.97 Å². The van der Waals surface area contributed by atoms with Crippen molar-refractivity contribution in [2.75, 3.05) is 7.11 Å². The molecule has 0 atom stereocenters. The third-order valence-corrected chi connectivity index (χ3v) is 5.85. The van der Waals surface area contributed by atoms with Crippen molar-refractivity contribution in [2.24, 2.45) is 0 Å². The Kier molecular flexibility index (Phi) is 4.98. The molecule has 1 aromatic carbocycles. The molecule has 3 heteroatoms. The number of carbonyl (C=O) groups is 1. The number of benzene rings is 1. The summed E-state index contributed by atoms with van der Waals surface area (Å²) in [6.07, 6.45) is 6.16. The molecule has 142 valence electrons. The Labute approximate surface area is 162 Å². The van der Waals surface area contributed by atoms with Gasteiger partial charge in [0.25, 0.3) is 0 Å². The van der Waals surface area contributed by atoms with Crippen molar-refractivity contribution in [1.82, 2.24) is 4.98 Å². The van der Waals surface area contributed by atoms with Gasteiger partial charge in [-0.15, -0.1) is 0 Å². The topological polar surface area (TPSA) is 39.2 Å². The minimum atomic E-state index is -0.366. The van der Waals surface area contributed by atoms with Crippen molar-refractivity contribution in [1.29, 1.82) is 0 Å². The van der Waals surface area contributed by atoms with E-state index in [1.54, 1.807) is 12.3 Å². The van der Waals surface area contributed by atoms with Gasteiger partial charge in [-0.2, -0.15) is 0 Å². The van der Waals surface area contributed by atoms with Crippen LogP contribution in [0.2, 0.25) is 0 Å². The summed E-state index contributed by atoms with van der Waals surface area (Å²) in [5.74, 6) is -0.366. The normalized spacial score (nSPS) is 17.9. The van der Waals surface area contributed by atoms with Crippen LogP contribution in [0.1, 0.15) is 80.2 Å². The van der Waals surface area contributed by atoms with E-state index in [1.165, 1.54) is 36.6 Å². The second-order valence-corrected chi connectivity index (χ2v) is 8.82. The van der Waals surface area contributed by atoms with Crippen molar-refractivity contribution in [3.8, 4) is 0 Å². The van der Waals surface area contributed by atoms with Crippen molar-refractivity contribution < 1.29 is 9.53 Å². The summed E-state index contributed by atoms with van der Waals surface area (Å²) in [5.41, 5.74) is 6.93. The highest BCUT2D eigenvalue weighted by atomic mass is 16.5. The molecular formula is C24H29NO2. The summed E-state index contributed by atoms with van der Waals surface area (Å²) < 4.78 is 4.73. The number of hydrogen-bond acceptors (Lipinski definition) is 3. The highest BCUT2D eigenvalue weighted by Crippen LogP contribution is 2.46. The SMILES string of the molecule is COC(=O)c1ccc(/C(C)=C\c2ccc3c(c2)C(C)(C)CCC3(C)C)nc1.